The lowest BCUT2D eigenvalue weighted by atomic mass is 10.2. The Balaban J connectivity index is 1.87. The van der Waals surface area contributed by atoms with Crippen molar-refractivity contribution in [1.29, 1.82) is 0 Å². The molecule has 3 rings (SSSR count). The van der Waals surface area contributed by atoms with E-state index in [2.05, 4.69) is 4.98 Å². The Morgan fingerprint density at radius 3 is 2.86 bits per heavy atom. The molecule has 0 bridgehead atoms. The molecule has 0 spiro atoms. The highest BCUT2D eigenvalue weighted by atomic mass is 35.5. The Hall–Kier alpha value is -0.340. The molecule has 5 nitrogen and oxygen atoms in total. The van der Waals surface area contributed by atoms with Crippen LogP contribution in [0.2, 0.25) is 5.15 Å². The summed E-state index contributed by atoms with van der Waals surface area (Å²) >= 11 is 7.56. The van der Waals surface area contributed by atoms with Crippen LogP contribution >= 0.6 is 23.4 Å². The number of sulfonamides is 1. The second-order valence-corrected chi connectivity index (χ2v) is 8.97. The van der Waals surface area contributed by atoms with E-state index < -0.39 is 10.0 Å². The van der Waals surface area contributed by atoms with Gasteiger partial charge in [-0.05, 0) is 37.1 Å². The van der Waals surface area contributed by atoms with Crippen molar-refractivity contribution in [2.75, 3.05) is 24.7 Å². The van der Waals surface area contributed by atoms with Gasteiger partial charge in [0.15, 0.2) is 0 Å². The lowest BCUT2D eigenvalue weighted by Crippen LogP contribution is -2.44. The van der Waals surface area contributed by atoms with Gasteiger partial charge in [0.1, 0.15) is 10.0 Å². The van der Waals surface area contributed by atoms with Crippen LogP contribution in [0.5, 0.6) is 0 Å². The minimum Gasteiger partial charge on any atom is -0.377 e. The average molecular weight is 363 g/mol. The van der Waals surface area contributed by atoms with Crippen LogP contribution in [0.15, 0.2) is 23.2 Å². The largest absolute Gasteiger partial charge is 0.377 e. The molecule has 1 aromatic rings. The summed E-state index contributed by atoms with van der Waals surface area (Å²) in [7, 11) is -3.57. The van der Waals surface area contributed by atoms with Crippen LogP contribution in [-0.4, -0.2) is 54.5 Å². The molecule has 22 heavy (non-hydrogen) atoms. The second-order valence-electron chi connectivity index (χ2n) is 5.54. The van der Waals surface area contributed by atoms with Gasteiger partial charge in [-0.1, -0.05) is 11.6 Å². The molecule has 0 aliphatic carbocycles. The lowest BCUT2D eigenvalue weighted by Gasteiger charge is -2.29. The van der Waals surface area contributed by atoms with E-state index in [0.717, 1.165) is 37.4 Å². The maximum absolute atomic E-state index is 13.0. The smallest absolute Gasteiger partial charge is 0.244 e. The van der Waals surface area contributed by atoms with Gasteiger partial charge < -0.3 is 4.74 Å². The van der Waals surface area contributed by atoms with Gasteiger partial charge in [-0.15, -0.1) is 0 Å². The Morgan fingerprint density at radius 2 is 2.27 bits per heavy atom. The van der Waals surface area contributed by atoms with Crippen molar-refractivity contribution < 1.29 is 13.2 Å². The minimum absolute atomic E-state index is 0.000587. The van der Waals surface area contributed by atoms with Crippen molar-refractivity contribution in [1.82, 2.24) is 9.29 Å². The molecule has 2 fully saturated rings. The molecule has 0 amide bonds. The summed E-state index contributed by atoms with van der Waals surface area (Å²) in [6.45, 7) is 1.15. The maximum atomic E-state index is 13.0. The topological polar surface area (TPSA) is 59.5 Å². The summed E-state index contributed by atoms with van der Waals surface area (Å²) in [5, 5.41) is 0.293. The molecule has 1 aromatic heterocycles. The first-order valence-electron chi connectivity index (χ1n) is 7.40. The zero-order chi connectivity index (χ0) is 15.6. The highest BCUT2D eigenvalue weighted by Gasteiger charge is 2.36. The zero-order valence-electron chi connectivity index (χ0n) is 12.2. The number of ether oxygens (including phenoxy) is 1. The highest BCUT2D eigenvalue weighted by Crippen LogP contribution is 2.29. The van der Waals surface area contributed by atoms with E-state index >= 15 is 0 Å². The van der Waals surface area contributed by atoms with Gasteiger partial charge in [-0.2, -0.15) is 16.1 Å². The van der Waals surface area contributed by atoms with Crippen molar-refractivity contribution in [3.8, 4) is 0 Å². The summed E-state index contributed by atoms with van der Waals surface area (Å²) in [6.07, 6.45) is 4.14. The van der Waals surface area contributed by atoms with Gasteiger partial charge in [-0.3, -0.25) is 0 Å². The predicted octanol–water partition coefficient (Wildman–Crippen LogP) is 2.41. The van der Waals surface area contributed by atoms with Gasteiger partial charge in [0.05, 0.1) is 6.10 Å². The molecule has 3 heterocycles. The van der Waals surface area contributed by atoms with Gasteiger partial charge in [0.2, 0.25) is 10.0 Å². The van der Waals surface area contributed by atoms with Crippen molar-refractivity contribution in [2.45, 2.75) is 36.3 Å². The number of thioether (sulfide) groups is 1. The standard InChI is InChI=1S/C14H19ClN2O3S2/c15-14-4-3-13(8-16-14)22(18,19)17(11-5-7-21-10-11)9-12-2-1-6-20-12/h3-4,8,11-12H,1-2,5-7,9-10H2/t11-,12-/m0/s1. The fourth-order valence-corrected chi connectivity index (χ4v) is 5.89. The number of halogens is 1. The van der Waals surface area contributed by atoms with Gasteiger partial charge in [0, 0.05) is 31.1 Å². The van der Waals surface area contributed by atoms with Crippen molar-refractivity contribution in [3.05, 3.63) is 23.5 Å². The van der Waals surface area contributed by atoms with Crippen molar-refractivity contribution in [2.24, 2.45) is 0 Å². The summed E-state index contributed by atoms with van der Waals surface area (Å²) < 4.78 is 33.3. The van der Waals surface area contributed by atoms with Crippen LogP contribution in [0.25, 0.3) is 0 Å². The number of hydrogen-bond acceptors (Lipinski definition) is 5. The molecular formula is C14H19ClN2O3S2. The Kier molecular flexibility index (Phi) is 5.29. The third-order valence-corrected chi connectivity index (χ3v) is 7.30. The number of hydrogen-bond donors (Lipinski definition) is 0. The monoisotopic (exact) mass is 362 g/mol. The molecule has 2 saturated heterocycles. The fraction of sp³-hybridized carbons (Fsp3) is 0.643. The van der Waals surface area contributed by atoms with E-state index in [9.17, 15) is 8.42 Å². The third-order valence-electron chi connectivity index (χ3n) is 4.03. The fourth-order valence-electron chi connectivity index (χ4n) is 2.83. The number of pyridine rings is 1. The lowest BCUT2D eigenvalue weighted by molar-refractivity contribution is 0.0877. The van der Waals surface area contributed by atoms with Crippen LogP contribution in [0.3, 0.4) is 0 Å². The Bertz CT molecular complexity index is 597. The first kappa shape index (κ1) is 16.5. The van der Waals surface area contributed by atoms with Gasteiger partial charge in [0.25, 0.3) is 0 Å². The second kappa shape index (κ2) is 7.05. The van der Waals surface area contributed by atoms with Crippen LogP contribution in [0.1, 0.15) is 19.3 Å². The zero-order valence-corrected chi connectivity index (χ0v) is 14.5. The molecule has 0 N–H and O–H groups in total. The minimum atomic E-state index is -3.57. The molecule has 8 heteroatoms. The summed E-state index contributed by atoms with van der Waals surface area (Å²) in [6, 6.07) is 3.08. The predicted molar refractivity (Wildman–Crippen MR) is 87.8 cm³/mol. The molecular weight excluding hydrogens is 344 g/mol. The SMILES string of the molecule is O=S(=O)(c1ccc(Cl)nc1)N(C[C@@H]1CCCO1)[C@H]1CCSC1. The number of nitrogens with zero attached hydrogens (tertiary/aromatic N) is 2. The third kappa shape index (κ3) is 3.59. The molecule has 2 atom stereocenters. The molecule has 0 aromatic carbocycles. The van der Waals surface area contributed by atoms with E-state index in [4.69, 9.17) is 16.3 Å². The quantitative estimate of drug-likeness (QED) is 0.753. The average Bonchev–Trinajstić information content (AvgIpc) is 3.18. The number of rotatable bonds is 5. The Morgan fingerprint density at radius 1 is 1.41 bits per heavy atom. The van der Waals surface area contributed by atoms with Crippen molar-refractivity contribution >= 4 is 33.4 Å². The van der Waals surface area contributed by atoms with Crippen LogP contribution in [0, 0.1) is 0 Å². The molecule has 2 aliphatic heterocycles. The summed E-state index contributed by atoms with van der Waals surface area (Å²) in [4.78, 5) is 4.11. The highest BCUT2D eigenvalue weighted by molar-refractivity contribution is 7.99. The van der Waals surface area contributed by atoms with Crippen LogP contribution in [-0.2, 0) is 14.8 Å². The van der Waals surface area contributed by atoms with Crippen molar-refractivity contribution in [3.63, 3.8) is 0 Å². The van der Waals surface area contributed by atoms with E-state index in [-0.39, 0.29) is 17.0 Å². The van der Waals surface area contributed by atoms with Crippen LogP contribution in [0.4, 0.5) is 0 Å². The first-order chi connectivity index (χ1) is 10.6. The molecule has 0 saturated carbocycles. The van der Waals surface area contributed by atoms with E-state index in [1.165, 1.54) is 18.3 Å². The molecule has 122 valence electrons. The van der Waals surface area contributed by atoms with E-state index in [1.54, 1.807) is 16.1 Å². The van der Waals surface area contributed by atoms with Gasteiger partial charge in [-0.25, -0.2) is 13.4 Å². The first-order valence-corrected chi connectivity index (χ1v) is 10.4. The summed E-state index contributed by atoms with van der Waals surface area (Å²) in [5.74, 6) is 1.84. The summed E-state index contributed by atoms with van der Waals surface area (Å²) in [5.41, 5.74) is 0. The maximum Gasteiger partial charge on any atom is 0.244 e. The molecule has 0 unspecified atom stereocenters. The van der Waals surface area contributed by atoms with Crippen LogP contribution < -0.4 is 0 Å². The van der Waals surface area contributed by atoms with E-state index in [1.807, 2.05) is 0 Å². The van der Waals surface area contributed by atoms with Gasteiger partial charge >= 0.3 is 0 Å². The number of aromatic nitrogens is 1. The van der Waals surface area contributed by atoms with E-state index in [0.29, 0.717) is 11.7 Å². The Labute approximate surface area is 140 Å². The molecule has 2 aliphatic rings. The normalized spacial score (nSPS) is 25.9. The molecule has 0 radical (unpaired) electrons.